The van der Waals surface area contributed by atoms with Crippen molar-refractivity contribution in [3.05, 3.63) is 45.4 Å². The Balaban J connectivity index is 1.74. The number of aryl methyl sites for hydroxylation is 2. The number of carbonyl (C=O) groups is 1. The molecule has 2 heterocycles. The molecule has 1 aromatic heterocycles. The molecule has 0 radical (unpaired) electrons. The van der Waals surface area contributed by atoms with Crippen LogP contribution in [0.25, 0.3) is 0 Å². The number of thiazole rings is 1. The van der Waals surface area contributed by atoms with Crippen molar-refractivity contribution in [1.29, 1.82) is 0 Å². The molecule has 2 aromatic rings. The van der Waals surface area contributed by atoms with Crippen molar-refractivity contribution in [1.82, 2.24) is 9.88 Å². The molecule has 1 aliphatic heterocycles. The highest BCUT2D eigenvalue weighted by molar-refractivity contribution is 7.11. The van der Waals surface area contributed by atoms with Gasteiger partial charge in [0.15, 0.2) is 6.10 Å². The summed E-state index contributed by atoms with van der Waals surface area (Å²) in [6, 6.07) is 7.85. The topological polar surface area (TPSA) is 42.4 Å². The molecular weight excluding hydrogens is 296 g/mol. The van der Waals surface area contributed by atoms with Crippen molar-refractivity contribution < 1.29 is 9.53 Å². The summed E-state index contributed by atoms with van der Waals surface area (Å²) in [5.74, 6) is 0.848. The standard InChI is InChI=1S/C17H20N2O2S/c1-10-16(22-12(3)18-10)11(2)19(4)17(20)15-9-13-7-5-6-8-14(13)21-15/h5-8,11,15H,9H2,1-4H3/t11-,15-/m1/s1. The molecule has 116 valence electrons. The fourth-order valence-electron chi connectivity index (χ4n) is 2.85. The van der Waals surface area contributed by atoms with E-state index in [9.17, 15) is 4.79 Å². The monoisotopic (exact) mass is 316 g/mol. The molecule has 3 rings (SSSR count). The van der Waals surface area contributed by atoms with Gasteiger partial charge in [-0.05, 0) is 32.4 Å². The van der Waals surface area contributed by atoms with Gasteiger partial charge in [0.1, 0.15) is 5.75 Å². The second-order valence-corrected chi connectivity index (χ2v) is 6.96. The highest BCUT2D eigenvalue weighted by Gasteiger charge is 2.33. The van der Waals surface area contributed by atoms with Crippen LogP contribution >= 0.6 is 11.3 Å². The molecular formula is C17H20N2O2S. The van der Waals surface area contributed by atoms with E-state index in [4.69, 9.17) is 4.74 Å². The van der Waals surface area contributed by atoms with Gasteiger partial charge in [-0.25, -0.2) is 4.98 Å². The minimum atomic E-state index is -0.417. The first-order valence-electron chi connectivity index (χ1n) is 7.42. The lowest BCUT2D eigenvalue weighted by Gasteiger charge is -2.26. The van der Waals surface area contributed by atoms with E-state index in [1.165, 1.54) is 0 Å². The van der Waals surface area contributed by atoms with E-state index < -0.39 is 6.10 Å². The van der Waals surface area contributed by atoms with Crippen molar-refractivity contribution >= 4 is 17.2 Å². The Morgan fingerprint density at radius 2 is 2.14 bits per heavy atom. The molecule has 5 heteroatoms. The Morgan fingerprint density at radius 3 is 2.77 bits per heavy atom. The molecule has 0 N–H and O–H groups in total. The third-order valence-electron chi connectivity index (χ3n) is 4.17. The van der Waals surface area contributed by atoms with Gasteiger partial charge in [-0.2, -0.15) is 0 Å². The van der Waals surface area contributed by atoms with Gasteiger partial charge in [-0.15, -0.1) is 11.3 Å². The number of ether oxygens (including phenoxy) is 1. The zero-order valence-electron chi connectivity index (χ0n) is 13.3. The third-order valence-corrected chi connectivity index (χ3v) is 5.41. The van der Waals surface area contributed by atoms with Gasteiger partial charge in [0.2, 0.25) is 0 Å². The smallest absolute Gasteiger partial charge is 0.264 e. The van der Waals surface area contributed by atoms with E-state index in [2.05, 4.69) is 4.98 Å². The summed E-state index contributed by atoms with van der Waals surface area (Å²) in [6.45, 7) is 6.03. The van der Waals surface area contributed by atoms with E-state index in [1.807, 2.05) is 52.1 Å². The minimum absolute atomic E-state index is 0.00557. The first-order valence-corrected chi connectivity index (χ1v) is 8.24. The Hall–Kier alpha value is -1.88. The Morgan fingerprint density at radius 1 is 1.41 bits per heavy atom. The van der Waals surface area contributed by atoms with Crippen LogP contribution in [-0.4, -0.2) is 28.9 Å². The summed E-state index contributed by atoms with van der Waals surface area (Å²) in [5.41, 5.74) is 2.11. The summed E-state index contributed by atoms with van der Waals surface area (Å²) in [5, 5.41) is 1.03. The summed E-state index contributed by atoms with van der Waals surface area (Å²) in [6.07, 6.45) is 0.228. The summed E-state index contributed by atoms with van der Waals surface area (Å²) in [7, 11) is 1.84. The summed E-state index contributed by atoms with van der Waals surface area (Å²) in [4.78, 5) is 20.1. The van der Waals surface area contributed by atoms with Gasteiger partial charge >= 0.3 is 0 Å². The fourth-order valence-corrected chi connectivity index (χ4v) is 3.87. The SMILES string of the molecule is Cc1nc(C)c([C@@H](C)N(C)C(=O)[C@H]2Cc3ccccc3O2)s1. The minimum Gasteiger partial charge on any atom is -0.480 e. The molecule has 4 nitrogen and oxygen atoms in total. The molecule has 22 heavy (non-hydrogen) atoms. The van der Waals surface area contributed by atoms with Crippen molar-refractivity contribution in [2.24, 2.45) is 0 Å². The van der Waals surface area contributed by atoms with Crippen molar-refractivity contribution in [2.45, 2.75) is 39.3 Å². The molecule has 0 aliphatic carbocycles. The maximum atomic E-state index is 12.7. The molecule has 1 amide bonds. The Labute approximate surface area is 134 Å². The number of fused-ring (bicyclic) bond motifs is 1. The number of hydrogen-bond donors (Lipinski definition) is 0. The first-order chi connectivity index (χ1) is 10.5. The largest absolute Gasteiger partial charge is 0.480 e. The van der Waals surface area contributed by atoms with Crippen LogP contribution in [0.1, 0.15) is 34.1 Å². The number of nitrogens with zero attached hydrogens (tertiary/aromatic N) is 2. The number of aromatic nitrogens is 1. The molecule has 1 aromatic carbocycles. The third kappa shape index (κ3) is 2.61. The van der Waals surface area contributed by atoms with Crippen LogP contribution in [0.4, 0.5) is 0 Å². The summed E-state index contributed by atoms with van der Waals surface area (Å²) >= 11 is 1.65. The van der Waals surface area contributed by atoms with Crippen LogP contribution in [0.15, 0.2) is 24.3 Å². The van der Waals surface area contributed by atoms with Gasteiger partial charge in [0.25, 0.3) is 5.91 Å². The normalized spacial score (nSPS) is 17.7. The van der Waals surface area contributed by atoms with E-state index in [0.29, 0.717) is 6.42 Å². The van der Waals surface area contributed by atoms with E-state index in [-0.39, 0.29) is 11.9 Å². The number of hydrogen-bond acceptors (Lipinski definition) is 4. The second-order valence-electron chi connectivity index (χ2n) is 5.73. The van der Waals surface area contributed by atoms with Gasteiger partial charge in [-0.1, -0.05) is 18.2 Å². The van der Waals surface area contributed by atoms with E-state index >= 15 is 0 Å². The molecule has 0 fully saturated rings. The van der Waals surface area contributed by atoms with Gasteiger partial charge in [0.05, 0.1) is 16.7 Å². The lowest BCUT2D eigenvalue weighted by Crippen LogP contribution is -2.40. The number of benzene rings is 1. The van der Waals surface area contributed by atoms with Gasteiger partial charge in [-0.3, -0.25) is 4.79 Å². The Kier molecular flexibility index (Phi) is 3.91. The molecule has 0 saturated heterocycles. The number of carbonyl (C=O) groups excluding carboxylic acids is 1. The average Bonchev–Trinajstić information content (AvgIpc) is 3.07. The van der Waals surface area contributed by atoms with Crippen molar-refractivity contribution in [2.75, 3.05) is 7.05 Å². The molecule has 2 atom stereocenters. The van der Waals surface area contributed by atoms with Crippen LogP contribution in [0.3, 0.4) is 0 Å². The first kappa shape index (κ1) is 15.0. The maximum absolute atomic E-state index is 12.7. The Bertz CT molecular complexity index is 685. The highest BCUT2D eigenvalue weighted by Crippen LogP contribution is 2.32. The highest BCUT2D eigenvalue weighted by atomic mass is 32.1. The molecule has 0 bridgehead atoms. The van der Waals surface area contributed by atoms with Crippen molar-refractivity contribution in [3.63, 3.8) is 0 Å². The lowest BCUT2D eigenvalue weighted by atomic mass is 10.1. The van der Waals surface area contributed by atoms with Crippen LogP contribution in [0.5, 0.6) is 5.75 Å². The molecule has 1 aliphatic rings. The van der Waals surface area contributed by atoms with E-state index in [1.54, 1.807) is 16.2 Å². The zero-order valence-corrected chi connectivity index (χ0v) is 14.1. The van der Waals surface area contributed by atoms with Crippen LogP contribution < -0.4 is 4.74 Å². The zero-order chi connectivity index (χ0) is 15.9. The molecule has 0 unspecified atom stereocenters. The molecule has 0 spiro atoms. The van der Waals surface area contributed by atoms with Crippen LogP contribution in [0, 0.1) is 13.8 Å². The quantitative estimate of drug-likeness (QED) is 0.872. The average molecular weight is 316 g/mol. The molecule has 0 saturated carbocycles. The van der Waals surface area contributed by atoms with Crippen LogP contribution in [0.2, 0.25) is 0 Å². The van der Waals surface area contributed by atoms with Crippen LogP contribution in [-0.2, 0) is 11.2 Å². The number of rotatable bonds is 3. The summed E-state index contributed by atoms with van der Waals surface area (Å²) < 4.78 is 5.81. The van der Waals surface area contributed by atoms with E-state index in [0.717, 1.165) is 26.9 Å². The van der Waals surface area contributed by atoms with Gasteiger partial charge in [0, 0.05) is 18.3 Å². The van der Waals surface area contributed by atoms with Crippen molar-refractivity contribution in [3.8, 4) is 5.75 Å². The number of amides is 1. The fraction of sp³-hybridized carbons (Fsp3) is 0.412. The van der Waals surface area contributed by atoms with Gasteiger partial charge < -0.3 is 9.64 Å². The number of likely N-dealkylation sites (N-methyl/N-ethyl adjacent to an activating group) is 1. The number of para-hydroxylation sites is 1. The maximum Gasteiger partial charge on any atom is 0.264 e. The predicted molar refractivity (Wildman–Crippen MR) is 87.3 cm³/mol. The lowest BCUT2D eigenvalue weighted by molar-refractivity contribution is -0.138. The predicted octanol–water partition coefficient (Wildman–Crippen LogP) is 3.28. The second kappa shape index (κ2) is 5.72.